The van der Waals surface area contributed by atoms with Crippen molar-refractivity contribution in [3.8, 4) is 0 Å². The number of amides is 1. The lowest BCUT2D eigenvalue weighted by Gasteiger charge is -2.29. The lowest BCUT2D eigenvalue weighted by atomic mass is 9.89. The lowest BCUT2D eigenvalue weighted by molar-refractivity contribution is -0.141. The van der Waals surface area contributed by atoms with E-state index in [1.165, 1.54) is 6.07 Å². The van der Waals surface area contributed by atoms with Crippen LogP contribution in [0.4, 0.5) is 19.0 Å². The molecule has 2 aromatic rings. The number of aromatic nitrogens is 1. The maximum Gasteiger partial charge on any atom is 0.433 e. The van der Waals surface area contributed by atoms with Crippen molar-refractivity contribution < 1.29 is 18.0 Å². The van der Waals surface area contributed by atoms with Gasteiger partial charge in [-0.05, 0) is 17.7 Å². The molecule has 1 amide bonds. The van der Waals surface area contributed by atoms with Crippen LogP contribution in [0, 0.1) is 11.8 Å². The Bertz CT molecular complexity index is 840. The molecule has 27 heavy (non-hydrogen) atoms. The summed E-state index contributed by atoms with van der Waals surface area (Å²) in [6.07, 6.45) is -4.45. The quantitative estimate of drug-likeness (QED) is 0.802. The largest absolute Gasteiger partial charge is 0.433 e. The predicted octanol–water partition coefficient (Wildman–Crippen LogP) is 3.76. The molecule has 2 saturated heterocycles. The molecule has 7 heteroatoms. The molecule has 0 spiro atoms. The van der Waals surface area contributed by atoms with Gasteiger partial charge in [0, 0.05) is 38.4 Å². The van der Waals surface area contributed by atoms with Crippen LogP contribution in [0.2, 0.25) is 0 Å². The zero-order chi connectivity index (χ0) is 19.2. The van der Waals surface area contributed by atoms with Gasteiger partial charge in [0.2, 0.25) is 5.91 Å². The van der Waals surface area contributed by atoms with E-state index in [-0.39, 0.29) is 23.8 Å². The molecule has 4 rings (SSSR count). The first-order valence-electron chi connectivity index (χ1n) is 8.96. The van der Waals surface area contributed by atoms with E-state index in [9.17, 15) is 18.0 Å². The monoisotopic (exact) mass is 375 g/mol. The number of hydrogen-bond donors (Lipinski definition) is 0. The van der Waals surface area contributed by atoms with Crippen molar-refractivity contribution in [2.75, 3.05) is 24.5 Å². The lowest BCUT2D eigenvalue weighted by Crippen LogP contribution is -2.34. The van der Waals surface area contributed by atoms with Crippen molar-refractivity contribution in [1.82, 2.24) is 9.88 Å². The van der Waals surface area contributed by atoms with Gasteiger partial charge in [-0.2, -0.15) is 13.2 Å². The number of carbonyl (C=O) groups excluding carboxylic acids is 1. The molecule has 2 fully saturated rings. The first-order valence-corrected chi connectivity index (χ1v) is 8.96. The maximum atomic E-state index is 13.0. The second kappa shape index (κ2) is 6.55. The summed E-state index contributed by atoms with van der Waals surface area (Å²) in [5.41, 5.74) is 0.195. The Labute approximate surface area is 155 Å². The fraction of sp³-hybridized carbons (Fsp3) is 0.400. The first-order chi connectivity index (χ1) is 12.8. The number of fused-ring (bicyclic) bond motifs is 1. The molecule has 1 aromatic carbocycles. The highest BCUT2D eigenvalue weighted by molar-refractivity contribution is 5.74. The molecule has 2 aliphatic heterocycles. The van der Waals surface area contributed by atoms with Gasteiger partial charge < -0.3 is 9.80 Å². The van der Waals surface area contributed by atoms with E-state index in [1.807, 2.05) is 40.1 Å². The minimum Gasteiger partial charge on any atom is -0.356 e. The molecular weight excluding hydrogens is 355 g/mol. The van der Waals surface area contributed by atoms with Gasteiger partial charge in [-0.25, -0.2) is 4.98 Å². The van der Waals surface area contributed by atoms with Gasteiger partial charge in [0.1, 0.15) is 11.5 Å². The second-order valence-electron chi connectivity index (χ2n) is 7.23. The number of anilines is 1. The number of nitrogens with zero attached hydrogens (tertiary/aromatic N) is 3. The number of carbonyl (C=O) groups is 1. The molecule has 3 heterocycles. The molecular formula is C20H20F3N3O. The molecule has 0 aliphatic carbocycles. The fourth-order valence-electron chi connectivity index (χ4n) is 4.39. The Hall–Kier alpha value is -2.57. The van der Waals surface area contributed by atoms with Gasteiger partial charge in [0.15, 0.2) is 0 Å². The van der Waals surface area contributed by atoms with Gasteiger partial charge in [-0.15, -0.1) is 0 Å². The highest BCUT2D eigenvalue weighted by Gasteiger charge is 2.48. The average Bonchev–Trinajstić information content (AvgIpc) is 3.19. The van der Waals surface area contributed by atoms with E-state index in [0.717, 1.165) is 11.6 Å². The minimum atomic E-state index is -4.45. The predicted molar refractivity (Wildman–Crippen MR) is 95.0 cm³/mol. The van der Waals surface area contributed by atoms with Gasteiger partial charge >= 0.3 is 6.18 Å². The third-order valence-corrected chi connectivity index (χ3v) is 5.56. The van der Waals surface area contributed by atoms with Crippen molar-refractivity contribution in [1.29, 1.82) is 0 Å². The number of hydrogen-bond acceptors (Lipinski definition) is 3. The SMILES string of the molecule is CC(=O)N1C[C@H]2CN(c3cccc(C(F)(F)F)n3)C[C@H]2[C@@H]1c1ccccc1. The van der Waals surface area contributed by atoms with E-state index in [2.05, 4.69) is 4.98 Å². The van der Waals surface area contributed by atoms with E-state index >= 15 is 0 Å². The van der Waals surface area contributed by atoms with Gasteiger partial charge in [0.25, 0.3) is 0 Å². The summed E-state index contributed by atoms with van der Waals surface area (Å²) in [6.45, 7) is 3.38. The van der Waals surface area contributed by atoms with Crippen LogP contribution in [-0.4, -0.2) is 35.4 Å². The summed E-state index contributed by atoms with van der Waals surface area (Å²) in [5, 5.41) is 0. The molecule has 0 saturated carbocycles. The molecule has 0 N–H and O–H groups in total. The number of likely N-dealkylation sites (tertiary alicyclic amines) is 1. The molecule has 4 nitrogen and oxygen atoms in total. The van der Waals surface area contributed by atoms with Crippen LogP contribution in [0.3, 0.4) is 0 Å². The van der Waals surface area contributed by atoms with E-state index < -0.39 is 11.9 Å². The average molecular weight is 375 g/mol. The number of benzene rings is 1. The molecule has 1 aromatic heterocycles. The van der Waals surface area contributed by atoms with Crippen LogP contribution < -0.4 is 4.90 Å². The van der Waals surface area contributed by atoms with Crippen LogP contribution in [0.25, 0.3) is 0 Å². The number of rotatable bonds is 2. The highest BCUT2D eigenvalue weighted by Crippen LogP contribution is 2.45. The van der Waals surface area contributed by atoms with Crippen molar-refractivity contribution in [3.05, 3.63) is 59.8 Å². The maximum absolute atomic E-state index is 13.0. The minimum absolute atomic E-state index is 0.0296. The van der Waals surface area contributed by atoms with Crippen molar-refractivity contribution >= 4 is 11.7 Å². The van der Waals surface area contributed by atoms with Crippen LogP contribution in [0.5, 0.6) is 0 Å². The standard InChI is InChI=1S/C20H20F3N3O/c1-13(27)26-11-15-10-25(18-9-5-8-17(24-18)20(21,22)23)12-16(15)19(26)14-6-3-2-4-7-14/h2-9,15-16,19H,10-12H2,1H3/t15-,16-,19+/m1/s1. The zero-order valence-corrected chi connectivity index (χ0v) is 14.9. The molecule has 142 valence electrons. The van der Waals surface area contributed by atoms with Crippen LogP contribution >= 0.6 is 0 Å². The van der Waals surface area contributed by atoms with Crippen LogP contribution in [0.15, 0.2) is 48.5 Å². The molecule has 0 radical (unpaired) electrons. The molecule has 0 unspecified atom stereocenters. The second-order valence-corrected chi connectivity index (χ2v) is 7.23. The van der Waals surface area contributed by atoms with Crippen molar-refractivity contribution in [3.63, 3.8) is 0 Å². The topological polar surface area (TPSA) is 36.4 Å². The number of pyridine rings is 1. The molecule has 3 atom stereocenters. The Balaban J connectivity index is 1.61. The summed E-state index contributed by atoms with van der Waals surface area (Å²) >= 11 is 0. The van der Waals surface area contributed by atoms with Crippen molar-refractivity contribution in [2.45, 2.75) is 19.1 Å². The number of alkyl halides is 3. The summed E-state index contributed by atoms with van der Waals surface area (Å²) in [6, 6.07) is 13.8. The van der Waals surface area contributed by atoms with Crippen molar-refractivity contribution in [2.24, 2.45) is 11.8 Å². The third kappa shape index (κ3) is 3.26. The Morgan fingerprint density at radius 2 is 1.78 bits per heavy atom. The fourth-order valence-corrected chi connectivity index (χ4v) is 4.39. The summed E-state index contributed by atoms with van der Waals surface area (Å²) in [4.78, 5) is 19.8. The summed E-state index contributed by atoms with van der Waals surface area (Å²) in [5.74, 6) is 0.769. The highest BCUT2D eigenvalue weighted by atomic mass is 19.4. The Morgan fingerprint density at radius 3 is 2.44 bits per heavy atom. The normalized spacial score (nSPS) is 25.0. The molecule has 2 aliphatic rings. The van der Waals surface area contributed by atoms with Gasteiger partial charge in [-0.1, -0.05) is 36.4 Å². The molecule has 0 bridgehead atoms. The Morgan fingerprint density at radius 1 is 1.04 bits per heavy atom. The number of halogens is 3. The summed E-state index contributed by atoms with van der Waals surface area (Å²) < 4.78 is 39.0. The van der Waals surface area contributed by atoms with E-state index in [0.29, 0.717) is 25.5 Å². The smallest absolute Gasteiger partial charge is 0.356 e. The van der Waals surface area contributed by atoms with Gasteiger partial charge in [0.05, 0.1) is 6.04 Å². The van der Waals surface area contributed by atoms with Crippen LogP contribution in [-0.2, 0) is 11.0 Å². The van der Waals surface area contributed by atoms with Crippen LogP contribution in [0.1, 0.15) is 24.2 Å². The summed E-state index contributed by atoms with van der Waals surface area (Å²) in [7, 11) is 0. The zero-order valence-electron chi connectivity index (χ0n) is 14.9. The first kappa shape index (κ1) is 17.8. The Kier molecular flexibility index (Phi) is 4.32. The van der Waals surface area contributed by atoms with E-state index in [4.69, 9.17) is 0 Å². The third-order valence-electron chi connectivity index (χ3n) is 5.56. The van der Waals surface area contributed by atoms with Gasteiger partial charge in [-0.3, -0.25) is 4.79 Å². The van der Waals surface area contributed by atoms with E-state index in [1.54, 1.807) is 13.0 Å².